The highest BCUT2D eigenvalue weighted by atomic mass is 127. The third-order valence-corrected chi connectivity index (χ3v) is 2.79. The van der Waals surface area contributed by atoms with E-state index in [-0.39, 0.29) is 5.56 Å². The van der Waals surface area contributed by atoms with E-state index in [2.05, 4.69) is 0 Å². The molecule has 1 aromatic carbocycles. The molecule has 0 heterocycles. The summed E-state index contributed by atoms with van der Waals surface area (Å²) < 4.78 is 13.8. The third kappa shape index (κ3) is 2.41. The van der Waals surface area contributed by atoms with Gasteiger partial charge in [-0.25, -0.2) is 4.39 Å². The molecule has 0 aliphatic carbocycles. The first-order valence-corrected chi connectivity index (χ1v) is 5.06. The Morgan fingerprint density at radius 2 is 2.00 bits per heavy atom. The van der Waals surface area contributed by atoms with E-state index in [1.54, 1.807) is 6.07 Å². The summed E-state index contributed by atoms with van der Waals surface area (Å²) in [6, 6.07) is 4.33. The number of aliphatic hydroxyl groups is 3. The summed E-state index contributed by atoms with van der Waals surface area (Å²) in [6.45, 7) is -0.606. The normalized spacial score (nSPS) is 15.2. The Balaban J connectivity index is 3.05. The van der Waals surface area contributed by atoms with Crippen LogP contribution < -0.4 is 0 Å². The third-order valence-electron chi connectivity index (χ3n) is 1.85. The summed E-state index contributed by atoms with van der Waals surface area (Å²) in [5, 5.41) is 27.3. The van der Waals surface area contributed by atoms with Crippen molar-refractivity contribution < 1.29 is 19.7 Å². The smallest absolute Gasteiger partial charge is 0.130 e. The molecule has 3 N–H and O–H groups in total. The molecule has 0 saturated heterocycles. The van der Waals surface area contributed by atoms with Crippen LogP contribution >= 0.6 is 22.6 Å². The van der Waals surface area contributed by atoms with E-state index in [4.69, 9.17) is 10.2 Å². The van der Waals surface area contributed by atoms with Crippen LogP contribution in [0.25, 0.3) is 0 Å². The van der Waals surface area contributed by atoms with Gasteiger partial charge in [-0.05, 0) is 34.7 Å². The highest BCUT2D eigenvalue weighted by molar-refractivity contribution is 14.1. The van der Waals surface area contributed by atoms with Gasteiger partial charge in [-0.15, -0.1) is 0 Å². The minimum atomic E-state index is -1.40. The van der Waals surface area contributed by atoms with Crippen molar-refractivity contribution in [1.82, 2.24) is 0 Å². The van der Waals surface area contributed by atoms with Gasteiger partial charge in [0.15, 0.2) is 0 Å². The van der Waals surface area contributed by atoms with Gasteiger partial charge in [0.05, 0.1) is 6.61 Å². The Morgan fingerprint density at radius 3 is 2.50 bits per heavy atom. The quantitative estimate of drug-likeness (QED) is 0.724. The zero-order valence-corrected chi connectivity index (χ0v) is 9.35. The summed E-state index contributed by atoms with van der Waals surface area (Å²) in [7, 11) is 0. The Kier molecular flexibility index (Phi) is 4.24. The number of benzene rings is 1. The number of hydrogen-bond acceptors (Lipinski definition) is 3. The maximum Gasteiger partial charge on any atom is 0.130 e. The lowest BCUT2D eigenvalue weighted by molar-refractivity contribution is -0.0172. The predicted octanol–water partition coefficient (Wildman–Crippen LogP) is 0.817. The van der Waals surface area contributed by atoms with Crippen LogP contribution in [0.2, 0.25) is 0 Å². The van der Waals surface area contributed by atoms with E-state index < -0.39 is 24.6 Å². The summed E-state index contributed by atoms with van der Waals surface area (Å²) in [5.74, 6) is -0.586. The van der Waals surface area contributed by atoms with Gasteiger partial charge in [-0.3, -0.25) is 0 Å². The van der Waals surface area contributed by atoms with Crippen LogP contribution in [0.3, 0.4) is 0 Å². The summed E-state index contributed by atoms with van der Waals surface area (Å²) in [5.41, 5.74) is 0.0228. The molecule has 0 radical (unpaired) electrons. The van der Waals surface area contributed by atoms with Crippen molar-refractivity contribution in [2.24, 2.45) is 0 Å². The van der Waals surface area contributed by atoms with E-state index in [1.165, 1.54) is 12.1 Å². The molecule has 0 aromatic heterocycles. The Bertz CT molecular complexity index is 299. The lowest BCUT2D eigenvalue weighted by atomic mass is 10.0. The molecule has 0 aliphatic rings. The fraction of sp³-hybridized carbons (Fsp3) is 0.333. The fourth-order valence-electron chi connectivity index (χ4n) is 1.09. The first-order valence-electron chi connectivity index (χ1n) is 3.98. The first kappa shape index (κ1) is 11.8. The van der Waals surface area contributed by atoms with Crippen molar-refractivity contribution in [3.63, 3.8) is 0 Å². The number of rotatable bonds is 3. The molecule has 0 aliphatic heterocycles. The van der Waals surface area contributed by atoms with Crippen molar-refractivity contribution >= 4 is 22.6 Å². The SMILES string of the molecule is OCC(O)C(O)c1c(F)cccc1I. The molecule has 0 bridgehead atoms. The van der Waals surface area contributed by atoms with E-state index in [9.17, 15) is 9.50 Å². The molecule has 0 saturated carbocycles. The molecular formula is C9H10FIO3. The minimum absolute atomic E-state index is 0.0228. The van der Waals surface area contributed by atoms with E-state index in [0.29, 0.717) is 3.57 Å². The van der Waals surface area contributed by atoms with Gasteiger partial charge in [0.1, 0.15) is 18.0 Å². The van der Waals surface area contributed by atoms with Crippen LogP contribution in [0.4, 0.5) is 4.39 Å². The van der Waals surface area contributed by atoms with Crippen molar-refractivity contribution in [3.8, 4) is 0 Å². The zero-order chi connectivity index (χ0) is 10.7. The van der Waals surface area contributed by atoms with Crippen molar-refractivity contribution in [1.29, 1.82) is 0 Å². The standard InChI is InChI=1S/C9H10FIO3/c10-5-2-1-3-6(11)8(5)9(14)7(13)4-12/h1-3,7,9,12-14H,4H2. The van der Waals surface area contributed by atoms with Gasteiger partial charge < -0.3 is 15.3 Å². The monoisotopic (exact) mass is 312 g/mol. The Hall–Kier alpha value is -0.240. The number of hydrogen-bond donors (Lipinski definition) is 3. The van der Waals surface area contributed by atoms with Gasteiger partial charge in [0.2, 0.25) is 0 Å². The summed E-state index contributed by atoms with van der Waals surface area (Å²) >= 11 is 1.86. The number of aliphatic hydroxyl groups excluding tert-OH is 3. The maximum atomic E-state index is 13.2. The molecule has 3 nitrogen and oxygen atoms in total. The topological polar surface area (TPSA) is 60.7 Å². The Morgan fingerprint density at radius 1 is 1.36 bits per heavy atom. The van der Waals surface area contributed by atoms with Gasteiger partial charge in [0.25, 0.3) is 0 Å². The van der Waals surface area contributed by atoms with Crippen LogP contribution in [-0.4, -0.2) is 28.0 Å². The second-order valence-electron chi connectivity index (χ2n) is 2.83. The number of halogens is 2. The molecule has 2 unspecified atom stereocenters. The minimum Gasteiger partial charge on any atom is -0.394 e. The predicted molar refractivity (Wildman–Crippen MR) is 57.2 cm³/mol. The van der Waals surface area contributed by atoms with Crippen LogP contribution in [0.15, 0.2) is 18.2 Å². The van der Waals surface area contributed by atoms with Crippen molar-refractivity contribution in [2.45, 2.75) is 12.2 Å². The zero-order valence-electron chi connectivity index (χ0n) is 7.19. The molecule has 2 atom stereocenters. The van der Waals surface area contributed by atoms with Gasteiger partial charge >= 0.3 is 0 Å². The average molecular weight is 312 g/mol. The van der Waals surface area contributed by atoms with Gasteiger partial charge in [-0.1, -0.05) is 6.07 Å². The van der Waals surface area contributed by atoms with Crippen LogP contribution in [0.5, 0.6) is 0 Å². The fourth-order valence-corrected chi connectivity index (χ4v) is 1.87. The van der Waals surface area contributed by atoms with Gasteiger partial charge in [-0.2, -0.15) is 0 Å². The largest absolute Gasteiger partial charge is 0.394 e. The van der Waals surface area contributed by atoms with Crippen LogP contribution in [0, 0.1) is 9.39 Å². The van der Waals surface area contributed by atoms with Gasteiger partial charge in [0, 0.05) is 9.13 Å². The van der Waals surface area contributed by atoms with Crippen molar-refractivity contribution in [2.75, 3.05) is 6.61 Å². The molecule has 1 aromatic rings. The highest BCUT2D eigenvalue weighted by Crippen LogP contribution is 2.25. The summed E-state index contributed by atoms with van der Waals surface area (Å²) in [4.78, 5) is 0. The lowest BCUT2D eigenvalue weighted by Gasteiger charge is -2.17. The molecule has 78 valence electrons. The average Bonchev–Trinajstić information content (AvgIpc) is 2.16. The molecule has 0 amide bonds. The Labute approximate surface area is 94.3 Å². The van der Waals surface area contributed by atoms with Crippen LogP contribution in [0.1, 0.15) is 11.7 Å². The second-order valence-corrected chi connectivity index (χ2v) is 3.99. The molecule has 5 heteroatoms. The van der Waals surface area contributed by atoms with E-state index in [1.807, 2.05) is 22.6 Å². The highest BCUT2D eigenvalue weighted by Gasteiger charge is 2.22. The van der Waals surface area contributed by atoms with E-state index >= 15 is 0 Å². The molecule has 14 heavy (non-hydrogen) atoms. The second kappa shape index (κ2) is 5.01. The summed E-state index contributed by atoms with van der Waals surface area (Å²) in [6.07, 6.45) is -2.76. The molecule has 0 spiro atoms. The van der Waals surface area contributed by atoms with Crippen LogP contribution in [-0.2, 0) is 0 Å². The first-order chi connectivity index (χ1) is 6.57. The van der Waals surface area contributed by atoms with Crippen molar-refractivity contribution in [3.05, 3.63) is 33.1 Å². The maximum absolute atomic E-state index is 13.2. The molecule has 1 rings (SSSR count). The van der Waals surface area contributed by atoms with E-state index in [0.717, 1.165) is 0 Å². The lowest BCUT2D eigenvalue weighted by Crippen LogP contribution is -2.23. The molecular weight excluding hydrogens is 302 g/mol. The molecule has 0 fully saturated rings.